The highest BCUT2D eigenvalue weighted by Gasteiger charge is 2.30. The Morgan fingerprint density at radius 3 is 2.79 bits per heavy atom. The summed E-state index contributed by atoms with van der Waals surface area (Å²) in [5.41, 5.74) is 6.76. The normalized spacial score (nSPS) is 20.4. The molecule has 0 radical (unpaired) electrons. The number of likely N-dealkylation sites (tertiary alicyclic amines) is 1. The lowest BCUT2D eigenvalue weighted by atomic mass is 9.93. The van der Waals surface area contributed by atoms with Crippen LogP contribution in [-0.4, -0.2) is 42.4 Å². The number of aliphatic hydroxyl groups is 1. The zero-order valence-electron chi connectivity index (χ0n) is 11.8. The van der Waals surface area contributed by atoms with Crippen molar-refractivity contribution in [2.24, 2.45) is 5.41 Å². The number of β-amino-alcohol motifs (C(OH)–C–C–N with tert-alkyl or cyclic N) is 1. The number of ether oxygens (including phenoxy) is 1. The molecule has 4 heteroatoms. The van der Waals surface area contributed by atoms with Crippen molar-refractivity contribution in [3.05, 3.63) is 24.3 Å². The van der Waals surface area contributed by atoms with Crippen molar-refractivity contribution in [2.45, 2.75) is 26.4 Å². The molecule has 106 valence electrons. The molecule has 1 aliphatic rings. The maximum atomic E-state index is 10.0. The van der Waals surface area contributed by atoms with Gasteiger partial charge in [-0.3, -0.25) is 0 Å². The van der Waals surface area contributed by atoms with Gasteiger partial charge in [0.25, 0.3) is 0 Å². The summed E-state index contributed by atoms with van der Waals surface area (Å²) < 4.78 is 5.56. The van der Waals surface area contributed by atoms with Crippen LogP contribution in [-0.2, 0) is 0 Å². The molecule has 1 aromatic carbocycles. The summed E-state index contributed by atoms with van der Waals surface area (Å²) in [4.78, 5) is 2.29. The Kier molecular flexibility index (Phi) is 4.32. The topological polar surface area (TPSA) is 58.7 Å². The summed E-state index contributed by atoms with van der Waals surface area (Å²) in [5.74, 6) is 0.642. The molecule has 1 atom stereocenters. The molecule has 4 nitrogen and oxygen atoms in total. The minimum absolute atomic E-state index is 0.283. The molecule has 3 N–H and O–H groups in total. The number of nitrogen functional groups attached to an aromatic ring is 1. The van der Waals surface area contributed by atoms with Gasteiger partial charge in [-0.25, -0.2) is 0 Å². The quantitative estimate of drug-likeness (QED) is 0.795. The van der Waals surface area contributed by atoms with E-state index in [0.29, 0.717) is 23.4 Å². The summed E-state index contributed by atoms with van der Waals surface area (Å²) in [6.07, 6.45) is 0.708. The number of rotatable bonds is 5. The molecule has 19 heavy (non-hydrogen) atoms. The second-order valence-corrected chi connectivity index (χ2v) is 6.15. The van der Waals surface area contributed by atoms with Crippen LogP contribution >= 0.6 is 0 Å². The van der Waals surface area contributed by atoms with Crippen LogP contribution in [0.2, 0.25) is 0 Å². The molecule has 0 aromatic heterocycles. The summed E-state index contributed by atoms with van der Waals surface area (Å²) in [7, 11) is 0. The van der Waals surface area contributed by atoms with Gasteiger partial charge in [-0.1, -0.05) is 26.0 Å². The van der Waals surface area contributed by atoms with Crippen LogP contribution in [0.3, 0.4) is 0 Å². The van der Waals surface area contributed by atoms with E-state index in [1.54, 1.807) is 6.07 Å². The second kappa shape index (κ2) is 5.80. The largest absolute Gasteiger partial charge is 0.489 e. The number of para-hydroxylation sites is 2. The average molecular weight is 264 g/mol. The molecular formula is C15H24N2O2. The number of nitrogens with zero attached hydrogens (tertiary/aromatic N) is 1. The minimum atomic E-state index is -0.478. The van der Waals surface area contributed by atoms with Crippen molar-refractivity contribution in [1.82, 2.24) is 4.90 Å². The van der Waals surface area contributed by atoms with Crippen LogP contribution in [0.15, 0.2) is 24.3 Å². The first-order valence-corrected chi connectivity index (χ1v) is 6.84. The zero-order valence-corrected chi connectivity index (χ0v) is 11.8. The van der Waals surface area contributed by atoms with Crippen molar-refractivity contribution < 1.29 is 9.84 Å². The molecule has 1 aliphatic heterocycles. The SMILES string of the molecule is CC1(C)CCN(CC(O)COc2ccccc2N)C1. The number of hydrogen-bond acceptors (Lipinski definition) is 4. The van der Waals surface area contributed by atoms with Crippen molar-refractivity contribution in [2.75, 3.05) is 32.0 Å². The molecule has 1 heterocycles. The maximum absolute atomic E-state index is 10.0. The van der Waals surface area contributed by atoms with E-state index in [0.717, 1.165) is 13.1 Å². The van der Waals surface area contributed by atoms with Gasteiger partial charge in [-0.15, -0.1) is 0 Å². The fourth-order valence-corrected chi connectivity index (χ4v) is 2.53. The van der Waals surface area contributed by atoms with Gasteiger partial charge in [0.15, 0.2) is 0 Å². The van der Waals surface area contributed by atoms with Crippen LogP contribution < -0.4 is 10.5 Å². The molecule has 0 saturated carbocycles. The number of aliphatic hydroxyl groups excluding tert-OH is 1. The van der Waals surface area contributed by atoms with E-state index in [1.807, 2.05) is 18.2 Å². The predicted molar refractivity (Wildman–Crippen MR) is 77.2 cm³/mol. The molecule has 1 fully saturated rings. The van der Waals surface area contributed by atoms with E-state index in [9.17, 15) is 5.11 Å². The summed E-state index contributed by atoms with van der Waals surface area (Å²) in [5, 5.41) is 10.0. The van der Waals surface area contributed by atoms with E-state index >= 15 is 0 Å². The number of hydrogen-bond donors (Lipinski definition) is 2. The third-order valence-corrected chi connectivity index (χ3v) is 3.58. The maximum Gasteiger partial charge on any atom is 0.142 e. The van der Waals surface area contributed by atoms with Crippen molar-refractivity contribution >= 4 is 5.69 Å². The van der Waals surface area contributed by atoms with E-state index in [-0.39, 0.29) is 6.61 Å². The fraction of sp³-hybridized carbons (Fsp3) is 0.600. The monoisotopic (exact) mass is 264 g/mol. The third kappa shape index (κ3) is 4.11. The Hall–Kier alpha value is -1.26. The highest BCUT2D eigenvalue weighted by molar-refractivity contribution is 5.51. The van der Waals surface area contributed by atoms with Crippen molar-refractivity contribution in [3.63, 3.8) is 0 Å². The van der Waals surface area contributed by atoms with E-state index in [2.05, 4.69) is 18.7 Å². The van der Waals surface area contributed by atoms with Crippen LogP contribution in [0, 0.1) is 5.41 Å². The van der Waals surface area contributed by atoms with Gasteiger partial charge in [0, 0.05) is 13.1 Å². The smallest absolute Gasteiger partial charge is 0.142 e. The van der Waals surface area contributed by atoms with Gasteiger partial charge in [0.2, 0.25) is 0 Å². The third-order valence-electron chi connectivity index (χ3n) is 3.58. The van der Waals surface area contributed by atoms with Gasteiger partial charge in [-0.05, 0) is 30.5 Å². The Morgan fingerprint density at radius 1 is 1.42 bits per heavy atom. The molecule has 0 amide bonds. The molecule has 0 bridgehead atoms. The highest BCUT2D eigenvalue weighted by Crippen LogP contribution is 2.28. The standard InChI is InChI=1S/C15H24N2O2/c1-15(2)7-8-17(11-15)9-12(18)10-19-14-6-4-3-5-13(14)16/h3-6,12,18H,7-11,16H2,1-2H3. The van der Waals surface area contributed by atoms with Crippen LogP contribution in [0.4, 0.5) is 5.69 Å². The van der Waals surface area contributed by atoms with Gasteiger partial charge < -0.3 is 20.5 Å². The van der Waals surface area contributed by atoms with Gasteiger partial charge in [0.05, 0.1) is 5.69 Å². The summed E-state index contributed by atoms with van der Waals surface area (Å²) in [6, 6.07) is 7.36. The molecular weight excluding hydrogens is 240 g/mol. The van der Waals surface area contributed by atoms with Crippen LogP contribution in [0.1, 0.15) is 20.3 Å². The first kappa shape index (κ1) is 14.2. The Bertz CT molecular complexity index is 420. The van der Waals surface area contributed by atoms with Crippen LogP contribution in [0.5, 0.6) is 5.75 Å². The highest BCUT2D eigenvalue weighted by atomic mass is 16.5. The lowest BCUT2D eigenvalue weighted by molar-refractivity contribution is 0.0733. The zero-order chi connectivity index (χ0) is 13.9. The first-order chi connectivity index (χ1) is 8.96. The second-order valence-electron chi connectivity index (χ2n) is 6.15. The summed E-state index contributed by atoms with van der Waals surface area (Å²) in [6.45, 7) is 7.57. The lowest BCUT2D eigenvalue weighted by Gasteiger charge is -2.22. The average Bonchev–Trinajstić information content (AvgIpc) is 2.67. The van der Waals surface area contributed by atoms with Crippen LogP contribution in [0.25, 0.3) is 0 Å². The van der Waals surface area contributed by atoms with Gasteiger partial charge in [0.1, 0.15) is 18.5 Å². The van der Waals surface area contributed by atoms with Gasteiger partial charge >= 0.3 is 0 Å². The Labute approximate surface area is 115 Å². The predicted octanol–water partition coefficient (Wildman–Crippen LogP) is 1.74. The van der Waals surface area contributed by atoms with Crippen molar-refractivity contribution in [1.29, 1.82) is 0 Å². The van der Waals surface area contributed by atoms with E-state index in [1.165, 1.54) is 6.42 Å². The number of anilines is 1. The van der Waals surface area contributed by atoms with Crippen molar-refractivity contribution in [3.8, 4) is 5.75 Å². The van der Waals surface area contributed by atoms with Gasteiger partial charge in [-0.2, -0.15) is 0 Å². The van der Waals surface area contributed by atoms with E-state index in [4.69, 9.17) is 10.5 Å². The molecule has 0 aliphatic carbocycles. The Morgan fingerprint density at radius 2 is 2.16 bits per heavy atom. The molecule has 2 rings (SSSR count). The molecule has 0 spiro atoms. The Balaban J connectivity index is 1.76. The fourth-order valence-electron chi connectivity index (χ4n) is 2.53. The molecule has 1 saturated heterocycles. The molecule has 1 unspecified atom stereocenters. The molecule has 1 aromatic rings. The first-order valence-electron chi connectivity index (χ1n) is 6.84. The number of nitrogens with two attached hydrogens (primary N) is 1. The number of benzene rings is 1. The van der Waals surface area contributed by atoms with E-state index < -0.39 is 6.10 Å². The lowest BCUT2D eigenvalue weighted by Crippen LogP contribution is -2.35. The summed E-state index contributed by atoms with van der Waals surface area (Å²) >= 11 is 0. The minimum Gasteiger partial charge on any atom is -0.489 e.